The van der Waals surface area contributed by atoms with Crippen LogP contribution < -0.4 is 10.6 Å². The summed E-state index contributed by atoms with van der Waals surface area (Å²) in [7, 11) is 0. The monoisotopic (exact) mass is 153 g/mol. The van der Waals surface area contributed by atoms with Crippen molar-refractivity contribution in [3.63, 3.8) is 0 Å². The minimum absolute atomic E-state index is 0.894. The summed E-state index contributed by atoms with van der Waals surface area (Å²) in [6, 6.07) is 0. The van der Waals surface area contributed by atoms with Gasteiger partial charge >= 0.3 is 0 Å². The predicted octanol–water partition coefficient (Wildman–Crippen LogP) is 0.501. The fourth-order valence-corrected chi connectivity index (χ4v) is 0.916. The van der Waals surface area contributed by atoms with E-state index < -0.39 is 0 Å². The van der Waals surface area contributed by atoms with Crippen LogP contribution in [0.3, 0.4) is 0 Å². The van der Waals surface area contributed by atoms with E-state index in [4.69, 9.17) is 0 Å². The van der Waals surface area contributed by atoms with Crippen LogP contribution in [0.1, 0.15) is 13.8 Å². The van der Waals surface area contributed by atoms with Gasteiger partial charge in [0.15, 0.2) is 0 Å². The Kier molecular flexibility index (Phi) is 3.11. The van der Waals surface area contributed by atoms with Crippen molar-refractivity contribution in [1.82, 2.24) is 10.6 Å². The third-order valence-electron chi connectivity index (χ3n) is 1.57. The van der Waals surface area contributed by atoms with E-state index in [2.05, 4.69) is 15.6 Å². The zero-order valence-corrected chi connectivity index (χ0v) is 7.15. The fourth-order valence-electron chi connectivity index (χ4n) is 0.916. The molecule has 1 aliphatic rings. The van der Waals surface area contributed by atoms with Crippen LogP contribution in [0.25, 0.3) is 0 Å². The van der Waals surface area contributed by atoms with Crippen molar-refractivity contribution >= 4 is 5.71 Å². The molecule has 0 aromatic carbocycles. The Balaban J connectivity index is 2.57. The second-order valence-corrected chi connectivity index (χ2v) is 2.78. The molecule has 0 saturated heterocycles. The Morgan fingerprint density at radius 2 is 2.18 bits per heavy atom. The predicted molar refractivity (Wildman–Crippen MR) is 47.7 cm³/mol. The van der Waals surface area contributed by atoms with Crippen LogP contribution in [-0.4, -0.2) is 25.3 Å². The lowest BCUT2D eigenvalue weighted by Gasteiger charge is -2.03. The number of nitrogens with one attached hydrogen (secondary N) is 2. The molecule has 1 heterocycles. The van der Waals surface area contributed by atoms with Crippen LogP contribution >= 0.6 is 0 Å². The van der Waals surface area contributed by atoms with E-state index >= 15 is 0 Å². The van der Waals surface area contributed by atoms with E-state index in [0.29, 0.717) is 0 Å². The molecule has 3 nitrogen and oxygen atoms in total. The summed E-state index contributed by atoms with van der Waals surface area (Å²) in [6.45, 7) is 6.93. The molecule has 0 fully saturated rings. The van der Waals surface area contributed by atoms with Crippen LogP contribution in [0.2, 0.25) is 0 Å². The van der Waals surface area contributed by atoms with Gasteiger partial charge in [0.1, 0.15) is 0 Å². The molecule has 1 aliphatic heterocycles. The van der Waals surface area contributed by atoms with Crippen molar-refractivity contribution in [2.75, 3.05) is 19.6 Å². The van der Waals surface area contributed by atoms with Gasteiger partial charge in [-0.25, -0.2) is 0 Å². The van der Waals surface area contributed by atoms with Gasteiger partial charge in [-0.3, -0.25) is 4.99 Å². The molecule has 62 valence electrons. The molecule has 0 amide bonds. The molecule has 0 aromatic rings. The minimum atomic E-state index is 0.894. The van der Waals surface area contributed by atoms with E-state index in [1.165, 1.54) is 0 Å². The number of rotatable bonds is 0. The van der Waals surface area contributed by atoms with Crippen molar-refractivity contribution < 1.29 is 0 Å². The van der Waals surface area contributed by atoms with Crippen molar-refractivity contribution in [3.8, 4) is 0 Å². The van der Waals surface area contributed by atoms with Gasteiger partial charge in [-0.2, -0.15) is 0 Å². The second kappa shape index (κ2) is 4.13. The molecule has 0 bridgehead atoms. The Labute approximate surface area is 67.6 Å². The average Bonchev–Trinajstić information content (AvgIpc) is 2.06. The van der Waals surface area contributed by atoms with Gasteiger partial charge in [0.25, 0.3) is 0 Å². The molecule has 3 heteroatoms. The summed E-state index contributed by atoms with van der Waals surface area (Å²) in [4.78, 5) is 4.25. The van der Waals surface area contributed by atoms with Crippen LogP contribution in [0.15, 0.2) is 16.9 Å². The number of aliphatic imine (C=N–C) groups is 1. The maximum atomic E-state index is 4.25. The first-order valence-electron chi connectivity index (χ1n) is 3.93. The molecule has 0 spiro atoms. The zero-order valence-electron chi connectivity index (χ0n) is 7.15. The van der Waals surface area contributed by atoms with E-state index in [1.807, 2.05) is 20.0 Å². The standard InChI is InChI=1S/C8H15N3/c1-7-5-9-3-4-10-8(2)6-11-7/h6,9-10H,3-5H2,1-2H3/b8-6-,11-7+. The number of nitrogens with zero attached hydrogens (tertiary/aromatic N) is 1. The molecule has 0 unspecified atom stereocenters. The van der Waals surface area contributed by atoms with Gasteiger partial charge in [-0.15, -0.1) is 0 Å². The molecule has 0 saturated carbocycles. The third-order valence-corrected chi connectivity index (χ3v) is 1.57. The van der Waals surface area contributed by atoms with Gasteiger partial charge in [-0.1, -0.05) is 0 Å². The molecular weight excluding hydrogens is 138 g/mol. The molecular formula is C8H15N3. The summed E-state index contributed by atoms with van der Waals surface area (Å²) in [5.74, 6) is 0. The number of allylic oxidation sites excluding steroid dienone is 1. The highest BCUT2D eigenvalue weighted by atomic mass is 15.0. The first-order valence-corrected chi connectivity index (χ1v) is 3.93. The Bertz CT molecular complexity index is 162. The first kappa shape index (κ1) is 8.27. The van der Waals surface area contributed by atoms with Gasteiger partial charge in [-0.05, 0) is 13.8 Å². The van der Waals surface area contributed by atoms with Crippen LogP contribution in [0.4, 0.5) is 0 Å². The van der Waals surface area contributed by atoms with E-state index in [0.717, 1.165) is 31.0 Å². The van der Waals surface area contributed by atoms with Crippen molar-refractivity contribution in [2.24, 2.45) is 4.99 Å². The zero-order chi connectivity index (χ0) is 8.10. The fraction of sp³-hybridized carbons (Fsp3) is 0.625. The summed E-state index contributed by atoms with van der Waals surface area (Å²) >= 11 is 0. The van der Waals surface area contributed by atoms with Gasteiger partial charge in [0.2, 0.25) is 0 Å². The van der Waals surface area contributed by atoms with Gasteiger partial charge in [0.05, 0.1) is 0 Å². The lowest BCUT2D eigenvalue weighted by molar-refractivity contribution is 0.701. The Hall–Kier alpha value is -0.830. The highest BCUT2D eigenvalue weighted by Gasteiger charge is 1.94. The van der Waals surface area contributed by atoms with Crippen LogP contribution in [0.5, 0.6) is 0 Å². The summed E-state index contributed by atoms with van der Waals surface area (Å²) in [5, 5.41) is 6.51. The highest BCUT2D eigenvalue weighted by Crippen LogP contribution is 1.89. The van der Waals surface area contributed by atoms with Gasteiger partial charge in [0, 0.05) is 37.2 Å². The molecule has 11 heavy (non-hydrogen) atoms. The average molecular weight is 153 g/mol. The topological polar surface area (TPSA) is 36.4 Å². The van der Waals surface area contributed by atoms with E-state index in [9.17, 15) is 0 Å². The quantitative estimate of drug-likeness (QED) is 0.531. The maximum Gasteiger partial charge on any atom is 0.0454 e. The number of hydrogen-bond donors (Lipinski definition) is 2. The van der Waals surface area contributed by atoms with Crippen LogP contribution in [-0.2, 0) is 0 Å². The largest absolute Gasteiger partial charge is 0.386 e. The third kappa shape index (κ3) is 3.18. The van der Waals surface area contributed by atoms with Crippen molar-refractivity contribution in [2.45, 2.75) is 13.8 Å². The normalized spacial score (nSPS) is 29.6. The lowest BCUT2D eigenvalue weighted by Crippen LogP contribution is -2.28. The molecule has 0 atom stereocenters. The summed E-state index contributed by atoms with van der Waals surface area (Å²) in [6.07, 6.45) is 1.88. The van der Waals surface area contributed by atoms with Gasteiger partial charge < -0.3 is 10.6 Å². The SMILES string of the molecule is C/C1=C/N=C(\C)CNCCN1. The van der Waals surface area contributed by atoms with Crippen molar-refractivity contribution in [3.05, 3.63) is 11.9 Å². The molecule has 0 radical (unpaired) electrons. The molecule has 2 N–H and O–H groups in total. The minimum Gasteiger partial charge on any atom is -0.386 e. The lowest BCUT2D eigenvalue weighted by atomic mass is 10.4. The summed E-state index contributed by atoms with van der Waals surface area (Å²) in [5.41, 5.74) is 2.26. The summed E-state index contributed by atoms with van der Waals surface area (Å²) < 4.78 is 0. The molecule has 0 aromatic heterocycles. The van der Waals surface area contributed by atoms with E-state index in [1.54, 1.807) is 0 Å². The number of hydrogen-bond acceptors (Lipinski definition) is 3. The second-order valence-electron chi connectivity index (χ2n) is 2.78. The van der Waals surface area contributed by atoms with Crippen molar-refractivity contribution in [1.29, 1.82) is 0 Å². The maximum absolute atomic E-state index is 4.25. The highest BCUT2D eigenvalue weighted by molar-refractivity contribution is 5.84. The Morgan fingerprint density at radius 3 is 3.00 bits per heavy atom. The van der Waals surface area contributed by atoms with Crippen LogP contribution in [0, 0.1) is 0 Å². The molecule has 0 aliphatic carbocycles. The Morgan fingerprint density at radius 1 is 1.36 bits per heavy atom. The van der Waals surface area contributed by atoms with E-state index in [-0.39, 0.29) is 0 Å². The molecule has 1 rings (SSSR count). The first-order chi connectivity index (χ1) is 5.29. The smallest absolute Gasteiger partial charge is 0.0454 e.